The average molecular weight is 252 g/mol. The minimum Gasteiger partial charge on any atom is -0.223 e. The molecule has 1 nitrogen and oxygen atoms in total. The number of rotatable bonds is 1. The first kappa shape index (κ1) is 9.55. The van der Waals surface area contributed by atoms with E-state index in [0.29, 0.717) is 0 Å². The van der Waals surface area contributed by atoms with E-state index in [1.165, 1.54) is 0 Å². The van der Waals surface area contributed by atoms with Crippen LogP contribution in [0.1, 0.15) is 20.8 Å². The zero-order chi connectivity index (χ0) is 8.48. The molecule has 1 aromatic rings. The lowest BCUT2D eigenvalue weighted by atomic mass is 10.3. The van der Waals surface area contributed by atoms with Crippen molar-refractivity contribution >= 4 is 39.0 Å². The normalized spacial score (nSPS) is 12.0. The lowest BCUT2D eigenvalue weighted by Crippen LogP contribution is -2.06. The highest BCUT2D eigenvalue weighted by molar-refractivity contribution is 9.10. The van der Waals surface area contributed by atoms with Crippen LogP contribution in [0.5, 0.6) is 0 Å². The summed E-state index contributed by atoms with van der Waals surface area (Å²) in [5.41, 5.74) is 0. The van der Waals surface area contributed by atoms with Crippen LogP contribution in [0.4, 0.5) is 0 Å². The number of hydrogen-bond acceptors (Lipinski definition) is 3. The lowest BCUT2D eigenvalue weighted by molar-refractivity contribution is 0.802. The Morgan fingerprint density at radius 2 is 2.18 bits per heavy atom. The molecule has 0 aromatic carbocycles. The maximum Gasteiger partial charge on any atom is 0.151 e. The quantitative estimate of drug-likeness (QED) is 0.705. The first-order valence-electron chi connectivity index (χ1n) is 3.27. The molecule has 0 aliphatic carbocycles. The monoisotopic (exact) mass is 251 g/mol. The second kappa shape index (κ2) is 3.46. The fourth-order valence-corrected chi connectivity index (χ4v) is 3.40. The standard InChI is InChI=1S/C7H10BrNS2/c1-7(2,3)11-6-9-5(8)4-10-6/h4H,1-3H3. The van der Waals surface area contributed by atoms with Gasteiger partial charge in [0, 0.05) is 10.1 Å². The number of halogens is 1. The van der Waals surface area contributed by atoms with Crippen LogP contribution in [0.25, 0.3) is 0 Å². The fraction of sp³-hybridized carbons (Fsp3) is 0.571. The Hall–Kier alpha value is 0.460. The molecule has 0 saturated carbocycles. The molecule has 0 radical (unpaired) electrons. The predicted octanol–water partition coefficient (Wildman–Crippen LogP) is 3.80. The summed E-state index contributed by atoms with van der Waals surface area (Å²) >= 11 is 6.81. The lowest BCUT2D eigenvalue weighted by Gasteiger charge is -2.14. The first-order chi connectivity index (χ1) is 4.97. The Bertz CT molecular complexity index is 239. The highest BCUT2D eigenvalue weighted by atomic mass is 79.9. The number of nitrogens with zero attached hydrogens (tertiary/aromatic N) is 1. The van der Waals surface area contributed by atoms with Crippen molar-refractivity contribution < 1.29 is 0 Å². The summed E-state index contributed by atoms with van der Waals surface area (Å²) in [5.74, 6) is 0. The van der Waals surface area contributed by atoms with Gasteiger partial charge in [-0.2, -0.15) is 0 Å². The Balaban J connectivity index is 2.65. The molecule has 1 aromatic heterocycles. The number of aromatic nitrogens is 1. The summed E-state index contributed by atoms with van der Waals surface area (Å²) in [7, 11) is 0. The summed E-state index contributed by atoms with van der Waals surface area (Å²) in [5, 5.41) is 2.01. The van der Waals surface area contributed by atoms with E-state index in [1.807, 2.05) is 5.38 Å². The molecule has 0 saturated heterocycles. The third-order valence-corrected chi connectivity index (χ3v) is 3.61. The molecular weight excluding hydrogens is 242 g/mol. The van der Waals surface area contributed by atoms with Crippen molar-refractivity contribution in [1.29, 1.82) is 0 Å². The molecule has 62 valence electrons. The van der Waals surface area contributed by atoms with Crippen LogP contribution in [0.3, 0.4) is 0 Å². The zero-order valence-corrected chi connectivity index (χ0v) is 9.94. The van der Waals surface area contributed by atoms with Gasteiger partial charge in [0.25, 0.3) is 0 Å². The Morgan fingerprint density at radius 3 is 2.55 bits per heavy atom. The molecule has 0 aliphatic rings. The van der Waals surface area contributed by atoms with E-state index in [2.05, 4.69) is 41.7 Å². The smallest absolute Gasteiger partial charge is 0.151 e. The topological polar surface area (TPSA) is 12.9 Å². The highest BCUT2D eigenvalue weighted by Gasteiger charge is 2.14. The Kier molecular flexibility index (Phi) is 3.00. The van der Waals surface area contributed by atoms with E-state index in [4.69, 9.17) is 0 Å². The van der Waals surface area contributed by atoms with Gasteiger partial charge in [-0.1, -0.05) is 32.5 Å². The maximum absolute atomic E-state index is 4.29. The maximum atomic E-state index is 4.29. The molecule has 0 amide bonds. The minimum atomic E-state index is 0.261. The van der Waals surface area contributed by atoms with Crippen molar-refractivity contribution in [1.82, 2.24) is 4.98 Å². The molecule has 0 bridgehead atoms. The molecule has 4 heteroatoms. The van der Waals surface area contributed by atoms with Crippen molar-refractivity contribution in [3.63, 3.8) is 0 Å². The van der Waals surface area contributed by atoms with Crippen molar-refractivity contribution in [2.45, 2.75) is 29.9 Å². The van der Waals surface area contributed by atoms with Gasteiger partial charge >= 0.3 is 0 Å². The average Bonchev–Trinajstić information content (AvgIpc) is 2.10. The van der Waals surface area contributed by atoms with Gasteiger partial charge in [0.1, 0.15) is 4.60 Å². The first-order valence-corrected chi connectivity index (χ1v) is 5.76. The third kappa shape index (κ3) is 3.58. The molecule has 1 rings (SSSR count). The molecule has 0 aliphatic heterocycles. The SMILES string of the molecule is CC(C)(C)Sc1nc(Br)cs1. The van der Waals surface area contributed by atoms with E-state index < -0.39 is 0 Å². The van der Waals surface area contributed by atoms with E-state index in [-0.39, 0.29) is 4.75 Å². The van der Waals surface area contributed by atoms with Gasteiger partial charge in [0.15, 0.2) is 4.34 Å². The Morgan fingerprint density at radius 1 is 1.55 bits per heavy atom. The zero-order valence-electron chi connectivity index (χ0n) is 6.72. The van der Waals surface area contributed by atoms with E-state index in [1.54, 1.807) is 23.1 Å². The van der Waals surface area contributed by atoms with Crippen LogP contribution in [0, 0.1) is 0 Å². The summed E-state index contributed by atoms with van der Waals surface area (Å²) in [6, 6.07) is 0. The molecule has 0 fully saturated rings. The van der Waals surface area contributed by atoms with Crippen LogP contribution in [0.2, 0.25) is 0 Å². The van der Waals surface area contributed by atoms with Crippen LogP contribution in [0.15, 0.2) is 14.3 Å². The van der Waals surface area contributed by atoms with Gasteiger partial charge in [-0.05, 0) is 15.9 Å². The number of thioether (sulfide) groups is 1. The Labute approximate surface area is 83.7 Å². The summed E-state index contributed by atoms with van der Waals surface area (Å²) in [4.78, 5) is 4.29. The van der Waals surface area contributed by atoms with Gasteiger partial charge in [-0.3, -0.25) is 0 Å². The van der Waals surface area contributed by atoms with E-state index >= 15 is 0 Å². The molecule has 0 atom stereocenters. The fourth-order valence-electron chi connectivity index (χ4n) is 0.548. The number of hydrogen-bond donors (Lipinski definition) is 0. The van der Waals surface area contributed by atoms with Crippen LogP contribution in [-0.2, 0) is 0 Å². The largest absolute Gasteiger partial charge is 0.223 e. The van der Waals surface area contributed by atoms with Gasteiger partial charge in [0.05, 0.1) is 0 Å². The van der Waals surface area contributed by atoms with Crippen LogP contribution < -0.4 is 0 Å². The minimum absolute atomic E-state index is 0.261. The van der Waals surface area contributed by atoms with Gasteiger partial charge < -0.3 is 0 Å². The van der Waals surface area contributed by atoms with Crippen molar-refractivity contribution in [3.05, 3.63) is 9.98 Å². The van der Waals surface area contributed by atoms with Crippen molar-refractivity contribution in [2.24, 2.45) is 0 Å². The highest BCUT2D eigenvalue weighted by Crippen LogP contribution is 2.34. The second-order valence-corrected chi connectivity index (χ2v) is 6.90. The molecule has 0 unspecified atom stereocenters. The van der Waals surface area contributed by atoms with Gasteiger partial charge in [0.2, 0.25) is 0 Å². The van der Waals surface area contributed by atoms with E-state index in [0.717, 1.165) is 8.94 Å². The third-order valence-electron chi connectivity index (χ3n) is 0.849. The van der Waals surface area contributed by atoms with Gasteiger partial charge in [-0.25, -0.2) is 4.98 Å². The molecule has 0 N–H and O–H groups in total. The predicted molar refractivity (Wildman–Crippen MR) is 55.4 cm³/mol. The van der Waals surface area contributed by atoms with Gasteiger partial charge in [-0.15, -0.1) is 11.3 Å². The number of thiazole rings is 1. The molecular formula is C7H10BrNS2. The van der Waals surface area contributed by atoms with Crippen LogP contribution in [-0.4, -0.2) is 9.73 Å². The molecule has 0 spiro atoms. The van der Waals surface area contributed by atoms with E-state index in [9.17, 15) is 0 Å². The van der Waals surface area contributed by atoms with Crippen molar-refractivity contribution in [2.75, 3.05) is 0 Å². The summed E-state index contributed by atoms with van der Waals surface area (Å²) in [6.07, 6.45) is 0. The summed E-state index contributed by atoms with van der Waals surface area (Å²) < 4.78 is 2.33. The van der Waals surface area contributed by atoms with Crippen LogP contribution >= 0.6 is 39.0 Å². The second-order valence-electron chi connectivity index (χ2n) is 3.15. The molecule has 11 heavy (non-hydrogen) atoms. The summed E-state index contributed by atoms with van der Waals surface area (Å²) in [6.45, 7) is 6.56. The van der Waals surface area contributed by atoms with Crippen molar-refractivity contribution in [3.8, 4) is 0 Å². The molecule has 1 heterocycles.